The smallest absolute Gasteiger partial charge is 0.341 e. The van der Waals surface area contributed by atoms with E-state index in [9.17, 15) is 4.79 Å². The van der Waals surface area contributed by atoms with Crippen LogP contribution in [-0.4, -0.2) is 23.7 Å². The van der Waals surface area contributed by atoms with Gasteiger partial charge in [0.2, 0.25) is 0 Å². The van der Waals surface area contributed by atoms with E-state index >= 15 is 0 Å². The molecule has 1 unspecified atom stereocenters. The number of hydroxylamine groups is 1. The van der Waals surface area contributed by atoms with Crippen molar-refractivity contribution in [3.05, 3.63) is 113 Å². The Labute approximate surface area is 201 Å². The molecule has 0 radical (unpaired) electrons. The van der Waals surface area contributed by atoms with Crippen molar-refractivity contribution in [2.24, 2.45) is 0 Å². The molecule has 0 aromatic heterocycles. The first-order chi connectivity index (χ1) is 16.6. The Hall–Kier alpha value is -3.41. The topological polar surface area (TPSA) is 67.8 Å². The molecular formula is C29H31NO4. The first-order valence-electron chi connectivity index (χ1n) is 11.8. The van der Waals surface area contributed by atoms with Crippen LogP contribution >= 0.6 is 0 Å². The molecule has 1 aliphatic rings. The number of carbonyl (C=O) groups is 1. The van der Waals surface area contributed by atoms with Gasteiger partial charge in [-0.2, -0.15) is 5.48 Å². The zero-order valence-corrected chi connectivity index (χ0v) is 19.4. The molecule has 0 saturated carbocycles. The Kier molecular flexibility index (Phi) is 8.12. The molecule has 3 aromatic carbocycles. The Morgan fingerprint density at radius 2 is 1.65 bits per heavy atom. The van der Waals surface area contributed by atoms with E-state index in [1.165, 1.54) is 11.1 Å². The Morgan fingerprint density at radius 1 is 0.971 bits per heavy atom. The summed E-state index contributed by atoms with van der Waals surface area (Å²) in [7, 11) is 0. The molecule has 1 atom stereocenters. The second kappa shape index (κ2) is 11.6. The summed E-state index contributed by atoms with van der Waals surface area (Å²) in [5.41, 5.74) is 9.18. The molecule has 5 nitrogen and oxygen atoms in total. The van der Waals surface area contributed by atoms with Gasteiger partial charge in [-0.05, 0) is 54.0 Å². The predicted molar refractivity (Wildman–Crippen MR) is 133 cm³/mol. The first kappa shape index (κ1) is 23.7. The number of hydrogen-bond donors (Lipinski definition) is 2. The summed E-state index contributed by atoms with van der Waals surface area (Å²) in [5.74, 6) is -0.281. The number of ether oxygens (including phenoxy) is 1. The average molecular weight is 458 g/mol. The van der Waals surface area contributed by atoms with Crippen LogP contribution in [0.25, 0.3) is 0 Å². The number of allylic oxidation sites excluding steroid dienone is 1. The van der Waals surface area contributed by atoms with Gasteiger partial charge in [0.1, 0.15) is 11.9 Å². The minimum Gasteiger partial charge on any atom is -0.482 e. The van der Waals surface area contributed by atoms with Crippen LogP contribution in [0.3, 0.4) is 0 Å². The van der Waals surface area contributed by atoms with Gasteiger partial charge in [-0.25, -0.2) is 4.79 Å². The maximum Gasteiger partial charge on any atom is 0.341 e. The molecule has 2 N–H and O–H groups in total. The van der Waals surface area contributed by atoms with Crippen molar-refractivity contribution >= 4 is 5.97 Å². The molecule has 5 heteroatoms. The quantitative estimate of drug-likeness (QED) is 0.304. The maximum atomic E-state index is 10.9. The first-order valence-corrected chi connectivity index (χ1v) is 11.8. The SMILES string of the molecule is CCC(/C=C1/CCc2c(cccc2OCC(=O)O)C1)NOC(c1ccccc1)c1ccccc1. The maximum absolute atomic E-state index is 10.9. The van der Waals surface area contributed by atoms with Crippen LogP contribution in [0.5, 0.6) is 5.75 Å². The number of carboxylic acid groups (broad SMARTS) is 1. The highest BCUT2D eigenvalue weighted by Gasteiger charge is 2.20. The summed E-state index contributed by atoms with van der Waals surface area (Å²) in [6, 6.07) is 26.4. The fourth-order valence-corrected chi connectivity index (χ4v) is 4.36. The van der Waals surface area contributed by atoms with Crippen LogP contribution in [-0.2, 0) is 22.5 Å². The van der Waals surface area contributed by atoms with Gasteiger partial charge in [-0.1, -0.05) is 91.4 Å². The van der Waals surface area contributed by atoms with Crippen LogP contribution in [0.2, 0.25) is 0 Å². The lowest BCUT2D eigenvalue weighted by molar-refractivity contribution is -0.139. The van der Waals surface area contributed by atoms with Gasteiger partial charge in [0, 0.05) is 0 Å². The molecule has 3 aromatic rings. The van der Waals surface area contributed by atoms with Gasteiger partial charge in [0.15, 0.2) is 6.61 Å². The lowest BCUT2D eigenvalue weighted by atomic mass is 9.86. The van der Waals surface area contributed by atoms with E-state index in [1.807, 2.05) is 48.5 Å². The number of fused-ring (bicyclic) bond motifs is 1. The summed E-state index contributed by atoms with van der Waals surface area (Å²) in [4.78, 5) is 17.2. The van der Waals surface area contributed by atoms with Gasteiger partial charge in [-0.3, -0.25) is 4.84 Å². The molecule has 0 amide bonds. The highest BCUT2D eigenvalue weighted by molar-refractivity contribution is 5.68. The number of rotatable bonds is 10. The molecule has 4 rings (SSSR count). The summed E-state index contributed by atoms with van der Waals surface area (Å²) in [5, 5.41) is 8.93. The van der Waals surface area contributed by atoms with E-state index in [0.29, 0.717) is 5.75 Å². The second-order valence-electron chi connectivity index (χ2n) is 8.53. The van der Waals surface area contributed by atoms with Crippen LogP contribution < -0.4 is 10.2 Å². The fourth-order valence-electron chi connectivity index (χ4n) is 4.36. The second-order valence-corrected chi connectivity index (χ2v) is 8.53. The van der Waals surface area contributed by atoms with Crippen molar-refractivity contribution in [3.8, 4) is 5.75 Å². The van der Waals surface area contributed by atoms with Gasteiger partial charge < -0.3 is 9.84 Å². The number of nitrogens with one attached hydrogen (secondary N) is 1. The predicted octanol–water partition coefficient (Wildman–Crippen LogP) is 5.65. The number of carboxylic acids is 1. The minimum absolute atomic E-state index is 0.0814. The third kappa shape index (κ3) is 6.13. The van der Waals surface area contributed by atoms with E-state index in [0.717, 1.165) is 42.4 Å². The van der Waals surface area contributed by atoms with E-state index in [-0.39, 0.29) is 18.8 Å². The number of aliphatic carboxylic acids is 1. The Balaban J connectivity index is 1.45. The van der Waals surface area contributed by atoms with E-state index in [2.05, 4.69) is 48.8 Å². The minimum atomic E-state index is -0.963. The molecule has 0 saturated heterocycles. The summed E-state index contributed by atoms with van der Waals surface area (Å²) in [6.45, 7) is 1.83. The third-order valence-electron chi connectivity index (χ3n) is 6.11. The molecule has 0 aliphatic heterocycles. The molecule has 0 heterocycles. The van der Waals surface area contributed by atoms with Gasteiger partial charge in [0.05, 0.1) is 6.04 Å². The van der Waals surface area contributed by atoms with Crippen LogP contribution in [0.1, 0.15) is 48.1 Å². The molecule has 0 spiro atoms. The highest BCUT2D eigenvalue weighted by atomic mass is 16.7. The molecular weight excluding hydrogens is 426 g/mol. The van der Waals surface area contributed by atoms with Crippen molar-refractivity contribution in [1.82, 2.24) is 5.48 Å². The molecule has 1 aliphatic carbocycles. The van der Waals surface area contributed by atoms with Crippen molar-refractivity contribution in [2.75, 3.05) is 6.61 Å². The number of benzene rings is 3. The average Bonchev–Trinajstić information content (AvgIpc) is 2.88. The molecule has 34 heavy (non-hydrogen) atoms. The Morgan fingerprint density at radius 3 is 2.26 bits per heavy atom. The largest absolute Gasteiger partial charge is 0.482 e. The lowest BCUT2D eigenvalue weighted by Crippen LogP contribution is -2.30. The van der Waals surface area contributed by atoms with Gasteiger partial charge >= 0.3 is 5.97 Å². The molecule has 176 valence electrons. The molecule has 0 bridgehead atoms. The van der Waals surface area contributed by atoms with Gasteiger partial charge in [0.25, 0.3) is 0 Å². The lowest BCUT2D eigenvalue weighted by Gasteiger charge is -2.25. The standard InChI is InChI=1S/C29H31NO4/c1-2-25(30-34-29(22-10-5-3-6-11-22)23-12-7-4-8-13-23)19-21-16-17-26-24(18-21)14-9-15-27(26)33-20-28(31)32/h3-15,19,25,29-30H,2,16-18,20H2,1H3,(H,31,32)/b21-19-. The third-order valence-corrected chi connectivity index (χ3v) is 6.11. The summed E-state index contributed by atoms with van der Waals surface area (Å²) < 4.78 is 5.50. The normalized spacial score (nSPS) is 15.2. The van der Waals surface area contributed by atoms with Crippen molar-refractivity contribution < 1.29 is 19.5 Å². The van der Waals surface area contributed by atoms with Crippen LogP contribution in [0.15, 0.2) is 90.5 Å². The monoisotopic (exact) mass is 457 g/mol. The van der Waals surface area contributed by atoms with Crippen molar-refractivity contribution in [3.63, 3.8) is 0 Å². The highest BCUT2D eigenvalue weighted by Crippen LogP contribution is 2.32. The van der Waals surface area contributed by atoms with Crippen LogP contribution in [0.4, 0.5) is 0 Å². The van der Waals surface area contributed by atoms with E-state index < -0.39 is 5.97 Å². The van der Waals surface area contributed by atoms with E-state index in [1.54, 1.807) is 0 Å². The van der Waals surface area contributed by atoms with E-state index in [4.69, 9.17) is 14.7 Å². The van der Waals surface area contributed by atoms with Crippen molar-refractivity contribution in [1.29, 1.82) is 0 Å². The zero-order chi connectivity index (χ0) is 23.8. The summed E-state index contributed by atoms with van der Waals surface area (Å²) >= 11 is 0. The number of hydrogen-bond acceptors (Lipinski definition) is 4. The van der Waals surface area contributed by atoms with Gasteiger partial charge in [-0.15, -0.1) is 0 Å². The zero-order valence-electron chi connectivity index (χ0n) is 19.4. The molecule has 0 fully saturated rings. The Bertz CT molecular complexity index is 1070. The fraction of sp³-hybridized carbons (Fsp3) is 0.276. The van der Waals surface area contributed by atoms with Crippen LogP contribution in [0, 0.1) is 0 Å². The van der Waals surface area contributed by atoms with Crippen molar-refractivity contribution in [2.45, 2.75) is 44.8 Å². The summed E-state index contributed by atoms with van der Waals surface area (Å²) in [6.07, 6.45) is 5.56.